The summed E-state index contributed by atoms with van der Waals surface area (Å²) in [5, 5.41) is 9.37. The minimum absolute atomic E-state index is 0.103. The number of fused-ring (bicyclic) bond motifs is 1. The van der Waals surface area contributed by atoms with Crippen molar-refractivity contribution in [2.24, 2.45) is 0 Å². The Kier molecular flexibility index (Phi) is 6.05. The number of carbonyl (C=O) groups excluding carboxylic acids is 1. The standard InChI is InChI=1S/C24H28N4O2S/c1-15(2)27-22(18-10-12-20(30-5)13-11-18)25-26-24(27)31-17(4)23(29)28-16(3)14-19-8-6-7-9-21(19)28/h6-13,15-17H,14H2,1-5H3/t16-,17+/m0/s1. The van der Waals surface area contributed by atoms with Gasteiger partial charge in [0.25, 0.3) is 0 Å². The molecule has 1 aliphatic heterocycles. The molecule has 3 aromatic rings. The van der Waals surface area contributed by atoms with Crippen LogP contribution >= 0.6 is 11.8 Å². The molecule has 6 nitrogen and oxygen atoms in total. The van der Waals surface area contributed by atoms with Crippen molar-refractivity contribution in [2.75, 3.05) is 12.0 Å². The van der Waals surface area contributed by atoms with Crippen LogP contribution in [-0.4, -0.2) is 39.1 Å². The van der Waals surface area contributed by atoms with Crippen molar-refractivity contribution in [1.82, 2.24) is 14.8 Å². The fourth-order valence-corrected chi connectivity index (χ4v) is 5.09. The minimum Gasteiger partial charge on any atom is -0.497 e. The molecule has 31 heavy (non-hydrogen) atoms. The number of thioether (sulfide) groups is 1. The lowest BCUT2D eigenvalue weighted by Gasteiger charge is -2.26. The number of carbonyl (C=O) groups is 1. The molecule has 1 aromatic heterocycles. The number of amides is 1. The van der Waals surface area contributed by atoms with E-state index in [1.54, 1.807) is 7.11 Å². The Balaban J connectivity index is 1.59. The van der Waals surface area contributed by atoms with E-state index < -0.39 is 0 Å². The molecule has 2 heterocycles. The molecule has 1 aliphatic rings. The third-order valence-electron chi connectivity index (χ3n) is 5.60. The molecule has 0 bridgehead atoms. The van der Waals surface area contributed by atoms with Crippen molar-refractivity contribution in [3.8, 4) is 17.1 Å². The molecule has 7 heteroatoms. The minimum atomic E-state index is -0.279. The van der Waals surface area contributed by atoms with E-state index in [-0.39, 0.29) is 23.2 Å². The monoisotopic (exact) mass is 436 g/mol. The van der Waals surface area contributed by atoms with Crippen molar-refractivity contribution in [1.29, 1.82) is 0 Å². The molecule has 2 atom stereocenters. The summed E-state index contributed by atoms with van der Waals surface area (Å²) in [6.07, 6.45) is 0.892. The van der Waals surface area contributed by atoms with Crippen LogP contribution in [0.3, 0.4) is 0 Å². The number of nitrogens with zero attached hydrogens (tertiary/aromatic N) is 4. The first-order valence-corrected chi connectivity index (χ1v) is 11.5. The highest BCUT2D eigenvalue weighted by molar-refractivity contribution is 8.00. The fourth-order valence-electron chi connectivity index (χ4n) is 4.07. The number of hydrogen-bond donors (Lipinski definition) is 0. The average molecular weight is 437 g/mol. The molecule has 0 spiro atoms. The number of ether oxygens (including phenoxy) is 1. The fraction of sp³-hybridized carbons (Fsp3) is 0.375. The Hall–Kier alpha value is -2.80. The van der Waals surface area contributed by atoms with E-state index in [2.05, 4.69) is 41.6 Å². The van der Waals surface area contributed by atoms with E-state index in [9.17, 15) is 4.79 Å². The van der Waals surface area contributed by atoms with Gasteiger partial charge in [0.05, 0.1) is 12.4 Å². The highest BCUT2D eigenvalue weighted by atomic mass is 32.2. The van der Waals surface area contributed by atoms with Crippen LogP contribution in [0.25, 0.3) is 11.4 Å². The third-order valence-corrected chi connectivity index (χ3v) is 6.65. The van der Waals surface area contributed by atoms with E-state index in [4.69, 9.17) is 4.74 Å². The summed E-state index contributed by atoms with van der Waals surface area (Å²) in [6.45, 7) is 8.26. The highest BCUT2D eigenvalue weighted by Gasteiger charge is 2.34. The topological polar surface area (TPSA) is 60.3 Å². The quantitative estimate of drug-likeness (QED) is 0.509. The van der Waals surface area contributed by atoms with Crippen LogP contribution in [0.5, 0.6) is 5.75 Å². The summed E-state index contributed by atoms with van der Waals surface area (Å²) in [7, 11) is 1.65. The summed E-state index contributed by atoms with van der Waals surface area (Å²) in [4.78, 5) is 15.3. The molecule has 2 aromatic carbocycles. The summed E-state index contributed by atoms with van der Waals surface area (Å²) < 4.78 is 7.36. The van der Waals surface area contributed by atoms with Gasteiger partial charge in [-0.25, -0.2) is 0 Å². The average Bonchev–Trinajstić information content (AvgIpc) is 3.33. The lowest BCUT2D eigenvalue weighted by Crippen LogP contribution is -2.40. The first-order valence-electron chi connectivity index (χ1n) is 10.6. The lowest BCUT2D eigenvalue weighted by molar-refractivity contribution is -0.118. The van der Waals surface area contributed by atoms with Crippen molar-refractivity contribution >= 4 is 23.4 Å². The summed E-state index contributed by atoms with van der Waals surface area (Å²) in [5.74, 6) is 1.69. The smallest absolute Gasteiger partial charge is 0.240 e. The molecule has 0 saturated heterocycles. The predicted molar refractivity (Wildman–Crippen MR) is 125 cm³/mol. The number of para-hydroxylation sites is 1. The van der Waals surface area contributed by atoms with E-state index in [1.165, 1.54) is 17.3 Å². The number of aromatic nitrogens is 3. The highest BCUT2D eigenvalue weighted by Crippen LogP contribution is 2.36. The first kappa shape index (κ1) is 21.4. The largest absolute Gasteiger partial charge is 0.497 e. The Labute approximate surface area is 187 Å². The van der Waals surface area contributed by atoms with Crippen LogP contribution < -0.4 is 9.64 Å². The summed E-state index contributed by atoms with van der Waals surface area (Å²) in [6, 6.07) is 16.3. The van der Waals surface area contributed by atoms with Crippen molar-refractivity contribution in [3.63, 3.8) is 0 Å². The third kappa shape index (κ3) is 4.06. The molecule has 162 valence electrons. The van der Waals surface area contributed by atoms with Crippen molar-refractivity contribution < 1.29 is 9.53 Å². The molecule has 0 unspecified atom stereocenters. The molecule has 0 fully saturated rings. The molecule has 0 aliphatic carbocycles. The Morgan fingerprint density at radius 2 is 1.81 bits per heavy atom. The summed E-state index contributed by atoms with van der Waals surface area (Å²) >= 11 is 1.47. The van der Waals surface area contributed by atoms with Gasteiger partial charge in [0.15, 0.2) is 11.0 Å². The molecule has 4 rings (SSSR count). The maximum absolute atomic E-state index is 13.4. The molecular weight excluding hydrogens is 408 g/mol. The van der Waals surface area contributed by atoms with E-state index in [0.29, 0.717) is 0 Å². The van der Waals surface area contributed by atoms with Crippen LogP contribution in [0.2, 0.25) is 0 Å². The van der Waals surface area contributed by atoms with Gasteiger partial charge in [0.2, 0.25) is 5.91 Å². The van der Waals surface area contributed by atoms with E-state index >= 15 is 0 Å². The first-order chi connectivity index (χ1) is 14.9. The van der Waals surface area contributed by atoms with Gasteiger partial charge in [0.1, 0.15) is 5.75 Å². The van der Waals surface area contributed by atoms with Gasteiger partial charge < -0.3 is 9.64 Å². The molecular formula is C24H28N4O2S. The molecule has 0 radical (unpaired) electrons. The molecule has 1 amide bonds. The number of anilines is 1. The van der Waals surface area contributed by atoms with Gasteiger partial charge in [-0.05, 0) is 70.0 Å². The molecule has 0 N–H and O–H groups in total. The molecule has 0 saturated carbocycles. The van der Waals surface area contributed by atoms with Gasteiger partial charge in [0, 0.05) is 23.3 Å². The number of benzene rings is 2. The van der Waals surface area contributed by atoms with Gasteiger partial charge >= 0.3 is 0 Å². The van der Waals surface area contributed by atoms with Crippen molar-refractivity contribution in [3.05, 3.63) is 54.1 Å². The zero-order valence-corrected chi connectivity index (χ0v) is 19.4. The second-order valence-corrected chi connectivity index (χ2v) is 9.46. The Morgan fingerprint density at radius 1 is 1.10 bits per heavy atom. The van der Waals surface area contributed by atoms with Crippen molar-refractivity contribution in [2.45, 2.75) is 56.6 Å². The normalized spacial score (nSPS) is 16.5. The van der Waals surface area contributed by atoms with E-state index in [1.807, 2.05) is 54.3 Å². The zero-order chi connectivity index (χ0) is 22.1. The van der Waals surface area contributed by atoms with Gasteiger partial charge in [-0.3, -0.25) is 9.36 Å². The Bertz CT molecular complexity index is 1080. The zero-order valence-electron chi connectivity index (χ0n) is 18.6. The number of methoxy groups -OCH3 is 1. The second kappa shape index (κ2) is 8.75. The predicted octanol–water partition coefficient (Wildman–Crippen LogP) is 4.99. The SMILES string of the molecule is COc1ccc(-c2nnc(S[C@H](C)C(=O)N3c4ccccc4C[C@@H]3C)n2C(C)C)cc1. The van der Waals surface area contributed by atoms with Crippen LogP contribution in [0, 0.1) is 0 Å². The number of hydrogen-bond acceptors (Lipinski definition) is 5. The maximum atomic E-state index is 13.4. The van der Waals surface area contributed by atoms with Crippen LogP contribution in [-0.2, 0) is 11.2 Å². The van der Waals surface area contributed by atoms with Crippen LogP contribution in [0.4, 0.5) is 5.69 Å². The van der Waals surface area contributed by atoms with Gasteiger partial charge in [-0.1, -0.05) is 30.0 Å². The van der Waals surface area contributed by atoms with Gasteiger partial charge in [-0.15, -0.1) is 10.2 Å². The second-order valence-electron chi connectivity index (χ2n) is 8.15. The van der Waals surface area contributed by atoms with Crippen LogP contribution in [0.1, 0.15) is 39.3 Å². The van der Waals surface area contributed by atoms with Gasteiger partial charge in [-0.2, -0.15) is 0 Å². The van der Waals surface area contributed by atoms with E-state index in [0.717, 1.165) is 34.4 Å². The van der Waals surface area contributed by atoms with Crippen LogP contribution in [0.15, 0.2) is 53.7 Å². The summed E-state index contributed by atoms with van der Waals surface area (Å²) in [5.41, 5.74) is 3.22. The maximum Gasteiger partial charge on any atom is 0.240 e. The number of rotatable bonds is 6. The lowest BCUT2D eigenvalue weighted by atomic mass is 10.1. The Morgan fingerprint density at radius 3 is 2.48 bits per heavy atom.